The largest absolute Gasteiger partial charge is 0.477 e. The molecule has 0 aliphatic rings. The van der Waals surface area contributed by atoms with Crippen LogP contribution in [0.25, 0.3) is 11.4 Å². The standard InChI is InChI=1S/C15H25ClN2O.C10H6Cl2N2/c1-4-7-9-12(6-3)11-19-15-10-13(16)17-14(18-15)8-5-2;11-8-6-9(12)14-10(13-8)7-4-2-1-3-5-7/h10,12H,4-9,11H2,1-3H3;1-6H. The van der Waals surface area contributed by atoms with Crippen molar-refractivity contribution in [1.29, 1.82) is 0 Å². The van der Waals surface area contributed by atoms with Crippen LogP contribution in [0.2, 0.25) is 15.5 Å². The number of benzene rings is 1. The van der Waals surface area contributed by atoms with E-state index in [4.69, 9.17) is 39.5 Å². The Kier molecular flexibility index (Phi) is 12.4. The maximum absolute atomic E-state index is 5.99. The summed E-state index contributed by atoms with van der Waals surface area (Å²) < 4.78 is 5.79. The second-order valence-corrected chi connectivity index (χ2v) is 8.79. The lowest BCUT2D eigenvalue weighted by atomic mass is 10.0. The second-order valence-electron chi connectivity index (χ2n) is 7.63. The van der Waals surface area contributed by atoms with E-state index in [-0.39, 0.29) is 0 Å². The first-order valence-electron chi connectivity index (χ1n) is 11.4. The normalized spacial score (nSPS) is 11.5. The average molecular weight is 510 g/mol. The predicted octanol–water partition coefficient (Wildman–Crippen LogP) is 8.13. The molecule has 0 amide bonds. The van der Waals surface area contributed by atoms with Gasteiger partial charge in [0.2, 0.25) is 5.88 Å². The SMILES string of the molecule is CCCCC(CC)COc1cc(Cl)nc(CCC)n1.Clc1cc(Cl)nc(-c2ccccc2)n1. The monoisotopic (exact) mass is 508 g/mol. The zero-order chi connectivity index (χ0) is 24.1. The van der Waals surface area contributed by atoms with Crippen LogP contribution < -0.4 is 4.74 Å². The Hall–Kier alpha value is -1.95. The third-order valence-corrected chi connectivity index (χ3v) is 5.48. The summed E-state index contributed by atoms with van der Waals surface area (Å²) in [7, 11) is 0. The van der Waals surface area contributed by atoms with E-state index in [0.29, 0.717) is 33.1 Å². The number of ether oxygens (including phenoxy) is 1. The quantitative estimate of drug-likeness (QED) is 0.258. The van der Waals surface area contributed by atoms with Gasteiger partial charge in [-0.25, -0.2) is 15.0 Å². The maximum atomic E-state index is 5.99. The molecule has 1 aromatic carbocycles. The lowest BCUT2D eigenvalue weighted by molar-refractivity contribution is 0.225. The van der Waals surface area contributed by atoms with Gasteiger partial charge in [0.1, 0.15) is 21.3 Å². The number of aromatic nitrogens is 4. The number of aryl methyl sites for hydroxylation is 1. The van der Waals surface area contributed by atoms with E-state index >= 15 is 0 Å². The number of nitrogens with zero attached hydrogens (tertiary/aromatic N) is 4. The van der Waals surface area contributed by atoms with Crippen molar-refractivity contribution in [2.45, 2.75) is 59.3 Å². The molecule has 1 unspecified atom stereocenters. The van der Waals surface area contributed by atoms with Crippen LogP contribution in [0.1, 0.15) is 58.7 Å². The molecule has 0 radical (unpaired) electrons. The highest BCUT2D eigenvalue weighted by molar-refractivity contribution is 6.33. The molecule has 0 aliphatic heterocycles. The fourth-order valence-electron chi connectivity index (χ4n) is 3.06. The van der Waals surface area contributed by atoms with Gasteiger partial charge in [-0.1, -0.05) is 105 Å². The topological polar surface area (TPSA) is 60.8 Å². The van der Waals surface area contributed by atoms with Gasteiger partial charge in [0.25, 0.3) is 0 Å². The smallest absolute Gasteiger partial charge is 0.218 e. The lowest BCUT2D eigenvalue weighted by Crippen LogP contribution is -2.12. The van der Waals surface area contributed by atoms with Crippen LogP contribution in [0.5, 0.6) is 5.88 Å². The van der Waals surface area contributed by atoms with Crippen LogP contribution in [-0.4, -0.2) is 26.5 Å². The highest BCUT2D eigenvalue weighted by Crippen LogP contribution is 2.20. The predicted molar refractivity (Wildman–Crippen MR) is 137 cm³/mol. The summed E-state index contributed by atoms with van der Waals surface area (Å²) in [6.07, 6.45) is 6.69. The molecular formula is C25H31Cl3N4O. The van der Waals surface area contributed by atoms with E-state index in [1.165, 1.54) is 25.3 Å². The van der Waals surface area contributed by atoms with Crippen LogP contribution in [0.15, 0.2) is 42.5 Å². The molecule has 178 valence electrons. The van der Waals surface area contributed by atoms with E-state index in [1.54, 1.807) is 6.07 Å². The van der Waals surface area contributed by atoms with E-state index < -0.39 is 0 Å². The summed E-state index contributed by atoms with van der Waals surface area (Å²) in [5.74, 6) is 2.52. The Morgan fingerprint density at radius 2 is 1.48 bits per heavy atom. The molecule has 0 aliphatic carbocycles. The molecule has 3 rings (SSSR count). The molecule has 0 saturated heterocycles. The van der Waals surface area contributed by atoms with Crippen LogP contribution in [-0.2, 0) is 6.42 Å². The van der Waals surface area contributed by atoms with Crippen LogP contribution in [0.4, 0.5) is 0 Å². The minimum Gasteiger partial charge on any atom is -0.477 e. The van der Waals surface area contributed by atoms with Crippen LogP contribution in [0.3, 0.4) is 0 Å². The Labute approximate surface area is 211 Å². The van der Waals surface area contributed by atoms with Crippen molar-refractivity contribution in [1.82, 2.24) is 19.9 Å². The fraction of sp³-hybridized carbons (Fsp3) is 0.440. The van der Waals surface area contributed by atoms with Crippen molar-refractivity contribution in [3.8, 4) is 17.3 Å². The summed E-state index contributed by atoms with van der Waals surface area (Å²) in [4.78, 5) is 16.7. The summed E-state index contributed by atoms with van der Waals surface area (Å²) in [5, 5.41) is 1.17. The molecule has 3 aromatic rings. The number of hydrogen-bond acceptors (Lipinski definition) is 5. The zero-order valence-corrected chi connectivity index (χ0v) is 21.7. The first-order chi connectivity index (χ1) is 15.9. The Bertz CT molecular complexity index is 953. The van der Waals surface area contributed by atoms with Gasteiger partial charge < -0.3 is 4.74 Å². The van der Waals surface area contributed by atoms with Gasteiger partial charge in [-0.3, -0.25) is 0 Å². The highest BCUT2D eigenvalue weighted by atomic mass is 35.5. The van der Waals surface area contributed by atoms with Crippen molar-refractivity contribution in [2.24, 2.45) is 5.92 Å². The average Bonchev–Trinajstić information content (AvgIpc) is 2.79. The Balaban J connectivity index is 0.000000243. The molecule has 2 heterocycles. The van der Waals surface area contributed by atoms with Crippen molar-refractivity contribution in [3.05, 3.63) is 63.7 Å². The molecule has 5 nitrogen and oxygen atoms in total. The lowest BCUT2D eigenvalue weighted by Gasteiger charge is -2.15. The van der Waals surface area contributed by atoms with Crippen molar-refractivity contribution in [2.75, 3.05) is 6.61 Å². The zero-order valence-electron chi connectivity index (χ0n) is 19.4. The van der Waals surface area contributed by atoms with Crippen LogP contribution in [0, 0.1) is 5.92 Å². The molecule has 0 N–H and O–H groups in total. The Morgan fingerprint density at radius 1 is 0.818 bits per heavy atom. The van der Waals surface area contributed by atoms with Crippen molar-refractivity contribution in [3.63, 3.8) is 0 Å². The maximum Gasteiger partial charge on any atom is 0.218 e. The van der Waals surface area contributed by atoms with E-state index in [0.717, 1.165) is 37.3 Å². The summed E-state index contributed by atoms with van der Waals surface area (Å²) >= 11 is 17.5. The molecule has 0 spiro atoms. The van der Waals surface area contributed by atoms with Crippen molar-refractivity contribution >= 4 is 34.8 Å². The first-order valence-corrected chi connectivity index (χ1v) is 12.5. The van der Waals surface area contributed by atoms with E-state index in [9.17, 15) is 0 Å². The summed E-state index contributed by atoms with van der Waals surface area (Å²) in [6.45, 7) is 7.24. The third kappa shape index (κ3) is 10.2. The number of rotatable bonds is 10. The van der Waals surface area contributed by atoms with Gasteiger partial charge in [-0.15, -0.1) is 0 Å². The summed E-state index contributed by atoms with van der Waals surface area (Å²) in [6, 6.07) is 12.8. The highest BCUT2D eigenvalue weighted by Gasteiger charge is 2.09. The first kappa shape index (κ1) is 27.3. The third-order valence-electron chi connectivity index (χ3n) is 4.90. The van der Waals surface area contributed by atoms with Gasteiger partial charge >= 0.3 is 0 Å². The van der Waals surface area contributed by atoms with E-state index in [2.05, 4.69) is 40.7 Å². The van der Waals surface area contributed by atoms with Gasteiger partial charge in [0.15, 0.2) is 5.82 Å². The molecular weight excluding hydrogens is 479 g/mol. The minimum absolute atomic E-state index is 0.351. The van der Waals surface area contributed by atoms with Crippen molar-refractivity contribution < 1.29 is 4.74 Å². The molecule has 0 fully saturated rings. The van der Waals surface area contributed by atoms with Gasteiger partial charge in [-0.2, -0.15) is 4.98 Å². The van der Waals surface area contributed by atoms with Gasteiger partial charge in [0.05, 0.1) is 6.61 Å². The molecule has 33 heavy (non-hydrogen) atoms. The van der Waals surface area contributed by atoms with Gasteiger partial charge in [0, 0.05) is 24.1 Å². The molecule has 0 saturated carbocycles. The number of hydrogen-bond donors (Lipinski definition) is 0. The second kappa shape index (κ2) is 15.0. The molecule has 8 heteroatoms. The number of unbranched alkanes of at least 4 members (excludes halogenated alkanes) is 1. The minimum atomic E-state index is 0.351. The number of halogens is 3. The molecule has 1 atom stereocenters. The summed E-state index contributed by atoms with van der Waals surface area (Å²) in [5.41, 5.74) is 0.900. The van der Waals surface area contributed by atoms with Gasteiger partial charge in [-0.05, 0) is 18.8 Å². The van der Waals surface area contributed by atoms with E-state index in [1.807, 2.05) is 30.3 Å². The fourth-order valence-corrected chi connectivity index (χ4v) is 3.67. The molecule has 2 aromatic heterocycles. The molecule has 0 bridgehead atoms. The van der Waals surface area contributed by atoms with Crippen LogP contribution >= 0.6 is 34.8 Å². The Morgan fingerprint density at radius 3 is 2.09 bits per heavy atom.